The third-order valence-electron chi connectivity index (χ3n) is 5.54. The van der Waals surface area contributed by atoms with Gasteiger partial charge in [-0.2, -0.15) is 5.26 Å². The third kappa shape index (κ3) is 4.15. The van der Waals surface area contributed by atoms with E-state index in [9.17, 15) is 4.79 Å². The van der Waals surface area contributed by atoms with E-state index >= 15 is 0 Å². The number of hydrogen-bond donors (Lipinski definition) is 0. The molecule has 1 aliphatic heterocycles. The van der Waals surface area contributed by atoms with Crippen LogP contribution in [0.1, 0.15) is 34.7 Å². The summed E-state index contributed by atoms with van der Waals surface area (Å²) in [6.07, 6.45) is 2.57. The van der Waals surface area contributed by atoms with Crippen molar-refractivity contribution in [2.45, 2.75) is 40.3 Å². The minimum atomic E-state index is -0.390. The molecule has 1 atom stereocenters. The van der Waals surface area contributed by atoms with E-state index in [0.717, 1.165) is 19.6 Å². The fourth-order valence-electron chi connectivity index (χ4n) is 3.55. The van der Waals surface area contributed by atoms with Gasteiger partial charge >= 0.3 is 6.09 Å². The van der Waals surface area contributed by atoms with Crippen LogP contribution in [0, 0.1) is 32.1 Å². The van der Waals surface area contributed by atoms with Crippen LogP contribution < -0.4 is 4.74 Å². The molecule has 146 valence electrons. The van der Waals surface area contributed by atoms with Crippen LogP contribution in [0.15, 0.2) is 30.6 Å². The summed E-state index contributed by atoms with van der Waals surface area (Å²) < 4.78 is 5.54. The topological polar surface area (TPSA) is 69.5 Å². The first-order valence-electron chi connectivity index (χ1n) is 9.51. The number of carbonyl (C=O) groups excluding carboxylic acids is 1. The number of nitrogens with zero attached hydrogens (tertiary/aromatic N) is 4. The maximum Gasteiger partial charge on any atom is 0.415 e. The van der Waals surface area contributed by atoms with E-state index in [1.807, 2.05) is 6.92 Å². The van der Waals surface area contributed by atoms with Gasteiger partial charge in [-0.25, -0.2) is 4.79 Å². The molecule has 0 unspecified atom stereocenters. The number of carbonyl (C=O) groups is 1. The first-order valence-corrected chi connectivity index (χ1v) is 9.51. The molecule has 1 saturated heterocycles. The van der Waals surface area contributed by atoms with Crippen molar-refractivity contribution in [3.8, 4) is 11.8 Å². The summed E-state index contributed by atoms with van der Waals surface area (Å²) >= 11 is 0. The lowest BCUT2D eigenvalue weighted by Gasteiger charge is -2.39. The Morgan fingerprint density at radius 3 is 2.75 bits per heavy atom. The van der Waals surface area contributed by atoms with Crippen LogP contribution in [-0.2, 0) is 6.54 Å². The van der Waals surface area contributed by atoms with Crippen molar-refractivity contribution in [1.29, 1.82) is 5.26 Å². The number of aromatic nitrogens is 1. The van der Waals surface area contributed by atoms with Crippen LogP contribution in [0.4, 0.5) is 4.79 Å². The van der Waals surface area contributed by atoms with E-state index in [2.05, 4.69) is 48.0 Å². The van der Waals surface area contributed by atoms with E-state index < -0.39 is 0 Å². The molecule has 6 nitrogen and oxygen atoms in total. The Kier molecular flexibility index (Phi) is 5.96. The lowest BCUT2D eigenvalue weighted by molar-refractivity contribution is 0.0750. The molecular weight excluding hydrogens is 352 g/mol. The first-order chi connectivity index (χ1) is 13.4. The number of amides is 1. The predicted molar refractivity (Wildman–Crippen MR) is 107 cm³/mol. The van der Waals surface area contributed by atoms with Gasteiger partial charge in [-0.3, -0.25) is 9.88 Å². The number of ether oxygens (including phenoxy) is 1. The van der Waals surface area contributed by atoms with Gasteiger partial charge in [0.25, 0.3) is 0 Å². The Labute approximate surface area is 166 Å². The van der Waals surface area contributed by atoms with E-state index in [4.69, 9.17) is 10.00 Å². The van der Waals surface area contributed by atoms with E-state index in [0.29, 0.717) is 23.4 Å². The molecule has 0 aliphatic carbocycles. The molecule has 3 rings (SSSR count). The highest BCUT2D eigenvalue weighted by Gasteiger charge is 2.29. The van der Waals surface area contributed by atoms with E-state index in [1.165, 1.54) is 29.1 Å². The molecule has 1 aliphatic rings. The molecule has 2 heterocycles. The Morgan fingerprint density at radius 2 is 2.04 bits per heavy atom. The average molecular weight is 378 g/mol. The summed E-state index contributed by atoms with van der Waals surface area (Å²) in [5.41, 5.74) is 5.01. The third-order valence-corrected chi connectivity index (χ3v) is 5.54. The van der Waals surface area contributed by atoms with Gasteiger partial charge in [0.2, 0.25) is 0 Å². The number of piperazine rings is 1. The van der Waals surface area contributed by atoms with Gasteiger partial charge < -0.3 is 9.64 Å². The lowest BCUT2D eigenvalue weighted by atomic mass is 10.0. The zero-order chi connectivity index (χ0) is 20.3. The zero-order valence-corrected chi connectivity index (χ0v) is 16.9. The standard InChI is InChI=1S/C22H26N4O2/c1-15-6-5-7-19(17(15)3)14-25-8-9-26(16(2)13-25)22(27)28-21-12-24-11-20(10-23)18(21)4/h5-7,11-12,16H,8-9,13-14H2,1-4H3/t16-/m1/s1. The molecule has 6 heteroatoms. The molecule has 0 N–H and O–H groups in total. The van der Waals surface area contributed by atoms with Gasteiger partial charge in [-0.15, -0.1) is 0 Å². The van der Waals surface area contributed by atoms with Crippen molar-refractivity contribution >= 4 is 6.09 Å². The highest BCUT2D eigenvalue weighted by atomic mass is 16.6. The van der Waals surface area contributed by atoms with Crippen molar-refractivity contribution in [3.63, 3.8) is 0 Å². The smallest absolute Gasteiger partial charge is 0.408 e. The summed E-state index contributed by atoms with van der Waals surface area (Å²) in [6.45, 7) is 11.2. The number of hydrogen-bond acceptors (Lipinski definition) is 5. The van der Waals surface area contributed by atoms with E-state index in [1.54, 1.807) is 11.8 Å². The van der Waals surface area contributed by atoms with Crippen LogP contribution in [0.25, 0.3) is 0 Å². The lowest BCUT2D eigenvalue weighted by Crippen LogP contribution is -2.54. The van der Waals surface area contributed by atoms with Crippen LogP contribution in [0.3, 0.4) is 0 Å². The molecule has 0 radical (unpaired) electrons. The van der Waals surface area contributed by atoms with E-state index in [-0.39, 0.29) is 12.1 Å². The number of rotatable bonds is 3. The largest absolute Gasteiger partial charge is 0.415 e. The van der Waals surface area contributed by atoms with Crippen molar-refractivity contribution < 1.29 is 9.53 Å². The molecule has 0 saturated carbocycles. The van der Waals surface area contributed by atoms with Crippen molar-refractivity contribution in [3.05, 3.63) is 58.4 Å². The minimum Gasteiger partial charge on any atom is -0.408 e. The van der Waals surface area contributed by atoms with Crippen molar-refractivity contribution in [2.24, 2.45) is 0 Å². The number of aryl methyl sites for hydroxylation is 1. The monoisotopic (exact) mass is 378 g/mol. The second kappa shape index (κ2) is 8.41. The summed E-state index contributed by atoms with van der Waals surface area (Å²) in [5, 5.41) is 9.11. The van der Waals surface area contributed by atoms with Crippen LogP contribution in [0.2, 0.25) is 0 Å². The molecule has 0 spiro atoms. The Bertz CT molecular complexity index is 919. The quantitative estimate of drug-likeness (QED) is 0.816. The highest BCUT2D eigenvalue weighted by molar-refractivity contribution is 5.72. The van der Waals surface area contributed by atoms with Gasteiger partial charge in [0.15, 0.2) is 5.75 Å². The van der Waals surface area contributed by atoms with Gasteiger partial charge in [0.1, 0.15) is 6.07 Å². The fraction of sp³-hybridized carbons (Fsp3) is 0.409. The van der Waals surface area contributed by atoms with Crippen molar-refractivity contribution in [2.75, 3.05) is 19.6 Å². The molecule has 1 fully saturated rings. The van der Waals surface area contributed by atoms with Crippen molar-refractivity contribution in [1.82, 2.24) is 14.8 Å². The Morgan fingerprint density at radius 1 is 1.25 bits per heavy atom. The normalized spacial score (nSPS) is 17.2. The summed E-state index contributed by atoms with van der Waals surface area (Å²) in [5.74, 6) is 0.342. The van der Waals surface area contributed by atoms with Crippen LogP contribution in [-0.4, -0.2) is 46.6 Å². The SMILES string of the molecule is Cc1cccc(CN2CCN(C(=O)Oc3cncc(C#N)c3C)[C@H](C)C2)c1C. The molecule has 28 heavy (non-hydrogen) atoms. The summed E-state index contributed by atoms with van der Waals surface area (Å²) in [4.78, 5) is 20.8. The molecular formula is C22H26N4O2. The predicted octanol–water partition coefficient (Wildman–Crippen LogP) is 3.58. The Hall–Kier alpha value is -2.91. The van der Waals surface area contributed by atoms with Gasteiger partial charge in [-0.05, 0) is 44.4 Å². The molecule has 1 aromatic carbocycles. The molecule has 1 aromatic heterocycles. The summed E-state index contributed by atoms with van der Waals surface area (Å²) in [7, 11) is 0. The maximum atomic E-state index is 12.7. The summed E-state index contributed by atoms with van der Waals surface area (Å²) in [6, 6.07) is 8.50. The molecule has 2 aromatic rings. The van der Waals surface area contributed by atoms with Crippen LogP contribution in [0.5, 0.6) is 5.75 Å². The number of nitriles is 1. The number of pyridine rings is 1. The maximum absolute atomic E-state index is 12.7. The van der Waals surface area contributed by atoms with Gasteiger partial charge in [0.05, 0.1) is 11.8 Å². The second-order valence-corrected chi connectivity index (χ2v) is 7.43. The van der Waals surface area contributed by atoms with Gasteiger partial charge in [-0.1, -0.05) is 18.2 Å². The average Bonchev–Trinajstić information content (AvgIpc) is 2.67. The molecule has 1 amide bonds. The minimum absolute atomic E-state index is 0.0405. The first kappa shape index (κ1) is 19.8. The zero-order valence-electron chi connectivity index (χ0n) is 16.9. The Balaban J connectivity index is 1.63. The number of benzene rings is 1. The van der Waals surface area contributed by atoms with Gasteiger partial charge in [0, 0.05) is 44.0 Å². The van der Waals surface area contributed by atoms with Crippen LogP contribution >= 0.6 is 0 Å². The molecule has 0 bridgehead atoms. The second-order valence-electron chi connectivity index (χ2n) is 7.43. The fourth-order valence-corrected chi connectivity index (χ4v) is 3.55. The highest BCUT2D eigenvalue weighted by Crippen LogP contribution is 2.22.